The third-order valence-corrected chi connectivity index (χ3v) is 6.93. The SMILES string of the molecule is CCOC(=O)c1c(NC(=O)C(C)Sc2nnnn2-c2ccc(C)cc2C)sc(C)c1C. The summed E-state index contributed by atoms with van der Waals surface area (Å²) in [6.07, 6.45) is 0. The lowest BCUT2D eigenvalue weighted by atomic mass is 10.1. The van der Waals surface area contributed by atoms with Crippen LogP contribution in [-0.2, 0) is 9.53 Å². The van der Waals surface area contributed by atoms with E-state index in [2.05, 4.69) is 26.9 Å². The second-order valence-corrected chi connectivity index (χ2v) is 9.65. The highest BCUT2D eigenvalue weighted by molar-refractivity contribution is 8.00. The van der Waals surface area contributed by atoms with Gasteiger partial charge in [0.05, 0.1) is 23.1 Å². The molecule has 0 fully saturated rings. The molecule has 0 aliphatic heterocycles. The first-order chi connectivity index (χ1) is 14.7. The molecule has 3 aromatic rings. The summed E-state index contributed by atoms with van der Waals surface area (Å²) >= 11 is 2.62. The van der Waals surface area contributed by atoms with Crippen molar-refractivity contribution in [3.05, 3.63) is 45.3 Å². The van der Waals surface area contributed by atoms with E-state index in [-0.39, 0.29) is 12.5 Å². The van der Waals surface area contributed by atoms with Crippen molar-refractivity contribution in [1.29, 1.82) is 0 Å². The van der Waals surface area contributed by atoms with Gasteiger partial charge in [0.2, 0.25) is 11.1 Å². The summed E-state index contributed by atoms with van der Waals surface area (Å²) < 4.78 is 6.79. The fourth-order valence-electron chi connectivity index (χ4n) is 3.04. The average Bonchev–Trinajstić information content (AvgIpc) is 3.26. The minimum atomic E-state index is -0.492. The van der Waals surface area contributed by atoms with Crippen molar-refractivity contribution >= 4 is 40.0 Å². The first-order valence-corrected chi connectivity index (χ1v) is 11.5. The maximum atomic E-state index is 12.9. The Bertz CT molecular complexity index is 1120. The summed E-state index contributed by atoms with van der Waals surface area (Å²) in [6.45, 7) is 11.6. The van der Waals surface area contributed by atoms with Crippen LogP contribution in [0.25, 0.3) is 5.69 Å². The van der Waals surface area contributed by atoms with Crippen molar-refractivity contribution in [2.75, 3.05) is 11.9 Å². The van der Waals surface area contributed by atoms with Gasteiger partial charge in [0.25, 0.3) is 0 Å². The lowest BCUT2D eigenvalue weighted by molar-refractivity contribution is -0.115. The van der Waals surface area contributed by atoms with Crippen LogP contribution in [0, 0.1) is 27.7 Å². The fraction of sp³-hybridized carbons (Fsp3) is 0.381. The number of aryl methyl sites for hydroxylation is 3. The normalized spacial score (nSPS) is 11.9. The van der Waals surface area contributed by atoms with Crippen LogP contribution < -0.4 is 5.32 Å². The topological polar surface area (TPSA) is 99.0 Å². The van der Waals surface area contributed by atoms with Crippen LogP contribution in [0.3, 0.4) is 0 Å². The Hall–Kier alpha value is -2.72. The summed E-state index contributed by atoms with van der Waals surface area (Å²) in [5.41, 5.74) is 4.28. The number of hydrogen-bond acceptors (Lipinski definition) is 8. The molecule has 0 spiro atoms. The van der Waals surface area contributed by atoms with E-state index in [4.69, 9.17) is 4.74 Å². The van der Waals surface area contributed by atoms with E-state index < -0.39 is 11.2 Å². The van der Waals surface area contributed by atoms with Crippen LogP contribution in [0.2, 0.25) is 0 Å². The van der Waals surface area contributed by atoms with Crippen LogP contribution in [0.15, 0.2) is 23.4 Å². The van der Waals surface area contributed by atoms with Gasteiger partial charge in [-0.05, 0) is 69.2 Å². The molecule has 10 heteroatoms. The molecule has 1 unspecified atom stereocenters. The molecular weight excluding hydrogens is 434 g/mol. The largest absolute Gasteiger partial charge is 0.462 e. The molecule has 0 bridgehead atoms. The number of anilines is 1. The van der Waals surface area contributed by atoms with E-state index in [1.54, 1.807) is 18.5 Å². The van der Waals surface area contributed by atoms with Gasteiger partial charge in [0.15, 0.2) is 0 Å². The maximum Gasteiger partial charge on any atom is 0.341 e. The second kappa shape index (κ2) is 9.61. The summed E-state index contributed by atoms with van der Waals surface area (Å²) in [7, 11) is 0. The number of thioether (sulfide) groups is 1. The third kappa shape index (κ3) is 4.96. The minimum absolute atomic E-state index is 0.244. The molecule has 0 aliphatic carbocycles. The number of nitrogens with one attached hydrogen (secondary N) is 1. The fourth-order valence-corrected chi connectivity index (χ4v) is 4.89. The minimum Gasteiger partial charge on any atom is -0.462 e. The van der Waals surface area contributed by atoms with E-state index in [0.29, 0.717) is 15.7 Å². The Kier molecular flexibility index (Phi) is 7.11. The van der Waals surface area contributed by atoms with Gasteiger partial charge in [-0.2, -0.15) is 4.68 Å². The van der Waals surface area contributed by atoms with Crippen LogP contribution >= 0.6 is 23.1 Å². The van der Waals surface area contributed by atoms with E-state index in [9.17, 15) is 9.59 Å². The number of ether oxygens (including phenoxy) is 1. The van der Waals surface area contributed by atoms with Gasteiger partial charge in [0.1, 0.15) is 5.00 Å². The molecule has 8 nitrogen and oxygen atoms in total. The van der Waals surface area contributed by atoms with Gasteiger partial charge >= 0.3 is 5.97 Å². The van der Waals surface area contributed by atoms with Crippen LogP contribution in [0.1, 0.15) is 45.8 Å². The molecule has 0 saturated heterocycles. The van der Waals surface area contributed by atoms with Crippen LogP contribution in [0.5, 0.6) is 0 Å². The van der Waals surface area contributed by atoms with Crippen molar-refractivity contribution in [1.82, 2.24) is 20.2 Å². The highest BCUT2D eigenvalue weighted by Crippen LogP contribution is 2.34. The summed E-state index contributed by atoms with van der Waals surface area (Å²) in [5.74, 6) is -0.675. The Balaban J connectivity index is 1.78. The van der Waals surface area contributed by atoms with E-state index in [1.807, 2.05) is 39.8 Å². The number of carbonyl (C=O) groups excluding carboxylic acids is 2. The van der Waals surface area contributed by atoms with Gasteiger partial charge in [-0.1, -0.05) is 29.5 Å². The van der Waals surface area contributed by atoms with Crippen molar-refractivity contribution in [2.24, 2.45) is 0 Å². The summed E-state index contributed by atoms with van der Waals surface area (Å²) in [5, 5.41) is 15.4. The van der Waals surface area contributed by atoms with Crippen molar-refractivity contribution in [2.45, 2.75) is 51.9 Å². The number of nitrogens with zero attached hydrogens (tertiary/aromatic N) is 4. The Morgan fingerprint density at radius 1 is 1.26 bits per heavy atom. The quantitative estimate of drug-likeness (QED) is 0.416. The first kappa shape index (κ1) is 23.0. The predicted molar refractivity (Wildman–Crippen MR) is 122 cm³/mol. The van der Waals surface area contributed by atoms with E-state index in [1.165, 1.54) is 23.1 Å². The molecule has 0 aliphatic rings. The summed E-state index contributed by atoms with van der Waals surface area (Å²) in [4.78, 5) is 26.2. The molecular formula is C21H25N5O3S2. The van der Waals surface area contributed by atoms with E-state index >= 15 is 0 Å². The standard InChI is InChI=1S/C21H25N5O3S2/c1-7-29-20(28)17-13(4)14(5)30-19(17)22-18(27)15(6)31-21-23-24-25-26(21)16-9-8-11(2)10-12(16)3/h8-10,15H,7H2,1-6H3,(H,22,27). The molecule has 0 saturated carbocycles. The average molecular weight is 460 g/mol. The molecule has 1 aromatic carbocycles. The van der Waals surface area contributed by atoms with Crippen LogP contribution in [-0.4, -0.2) is 43.9 Å². The van der Waals surface area contributed by atoms with Gasteiger partial charge in [0, 0.05) is 4.88 Å². The Morgan fingerprint density at radius 2 is 2.00 bits per heavy atom. The zero-order valence-electron chi connectivity index (χ0n) is 18.3. The monoisotopic (exact) mass is 459 g/mol. The Morgan fingerprint density at radius 3 is 2.68 bits per heavy atom. The molecule has 1 amide bonds. The predicted octanol–water partition coefficient (Wildman–Crippen LogP) is 4.25. The van der Waals surface area contributed by atoms with Crippen molar-refractivity contribution in [3.63, 3.8) is 0 Å². The smallest absolute Gasteiger partial charge is 0.341 e. The number of thiophene rings is 1. The molecule has 2 aromatic heterocycles. The number of amides is 1. The zero-order chi connectivity index (χ0) is 22.7. The second-order valence-electron chi connectivity index (χ2n) is 7.12. The number of aromatic nitrogens is 4. The number of esters is 1. The molecule has 2 heterocycles. The lowest BCUT2D eigenvalue weighted by Crippen LogP contribution is -2.23. The summed E-state index contributed by atoms with van der Waals surface area (Å²) in [6, 6.07) is 6.01. The molecule has 3 rings (SSSR count). The van der Waals surface area contributed by atoms with Gasteiger partial charge < -0.3 is 10.1 Å². The molecule has 164 valence electrons. The van der Waals surface area contributed by atoms with Gasteiger partial charge in [-0.15, -0.1) is 16.4 Å². The third-order valence-electron chi connectivity index (χ3n) is 4.77. The number of rotatable bonds is 7. The number of carbonyl (C=O) groups is 2. The molecule has 1 N–H and O–H groups in total. The zero-order valence-corrected chi connectivity index (χ0v) is 20.0. The van der Waals surface area contributed by atoms with Crippen LogP contribution in [0.4, 0.5) is 5.00 Å². The molecule has 31 heavy (non-hydrogen) atoms. The lowest BCUT2D eigenvalue weighted by Gasteiger charge is -2.13. The van der Waals surface area contributed by atoms with Crippen molar-refractivity contribution in [3.8, 4) is 5.69 Å². The number of benzene rings is 1. The number of tetrazole rings is 1. The highest BCUT2D eigenvalue weighted by Gasteiger charge is 2.25. The van der Waals surface area contributed by atoms with Crippen molar-refractivity contribution < 1.29 is 14.3 Å². The van der Waals surface area contributed by atoms with E-state index in [0.717, 1.165) is 27.3 Å². The highest BCUT2D eigenvalue weighted by atomic mass is 32.2. The van der Waals surface area contributed by atoms with Gasteiger partial charge in [-0.3, -0.25) is 4.79 Å². The molecule has 1 atom stereocenters. The maximum absolute atomic E-state index is 12.9. The Labute approximate surface area is 189 Å². The number of hydrogen-bond donors (Lipinski definition) is 1. The molecule has 0 radical (unpaired) electrons. The first-order valence-electron chi connectivity index (χ1n) is 9.83. The van der Waals surface area contributed by atoms with Gasteiger partial charge in [-0.25, -0.2) is 4.79 Å².